The molecule has 36 heavy (non-hydrogen) atoms. The maximum atomic E-state index is 13.2. The summed E-state index contributed by atoms with van der Waals surface area (Å²) < 4.78 is 27.7. The number of hydrogen-bond acceptors (Lipinski definition) is 6. The Morgan fingerprint density at radius 1 is 1.14 bits per heavy atom. The fourth-order valence-corrected chi connectivity index (χ4v) is 4.92. The number of fused-ring (bicyclic) bond motifs is 1. The number of aliphatic hydroxyl groups is 1. The van der Waals surface area contributed by atoms with Crippen molar-refractivity contribution >= 4 is 28.1 Å². The maximum absolute atomic E-state index is 13.2. The summed E-state index contributed by atoms with van der Waals surface area (Å²) in [5.41, 5.74) is -0.0486. The Bertz CT molecular complexity index is 1460. The van der Waals surface area contributed by atoms with Crippen LogP contribution in [0.15, 0.2) is 70.7 Å². The third kappa shape index (κ3) is 4.64. The summed E-state index contributed by atoms with van der Waals surface area (Å²) in [6.07, 6.45) is 5.01. The molecule has 0 radical (unpaired) electrons. The third-order valence-corrected chi connectivity index (χ3v) is 7.44. The van der Waals surface area contributed by atoms with Crippen LogP contribution in [-0.4, -0.2) is 64.7 Å². The van der Waals surface area contributed by atoms with Crippen LogP contribution in [0.1, 0.15) is 23.2 Å². The van der Waals surface area contributed by atoms with Crippen LogP contribution in [0.3, 0.4) is 0 Å². The van der Waals surface area contributed by atoms with Crippen LogP contribution in [0, 0.1) is 5.82 Å². The fourth-order valence-electron chi connectivity index (χ4n) is 4.41. The van der Waals surface area contributed by atoms with E-state index in [0.29, 0.717) is 40.3 Å². The Kier molecular flexibility index (Phi) is 6.37. The van der Waals surface area contributed by atoms with Gasteiger partial charge >= 0.3 is 0 Å². The van der Waals surface area contributed by atoms with Gasteiger partial charge in [-0.1, -0.05) is 0 Å². The van der Waals surface area contributed by atoms with Crippen LogP contribution in [0.25, 0.3) is 16.7 Å². The van der Waals surface area contributed by atoms with E-state index in [1.807, 2.05) is 0 Å². The molecular formula is C25H24FN5O4S. The molecule has 1 fully saturated rings. The van der Waals surface area contributed by atoms with Crippen LogP contribution >= 0.6 is 0 Å². The van der Waals surface area contributed by atoms with Gasteiger partial charge in [0.15, 0.2) is 10.5 Å². The van der Waals surface area contributed by atoms with E-state index in [2.05, 4.69) is 10.1 Å². The van der Waals surface area contributed by atoms with Gasteiger partial charge in [-0.05, 0) is 72.5 Å². The molecule has 3 heterocycles. The third-order valence-electron chi connectivity index (χ3n) is 6.50. The molecule has 0 bridgehead atoms. The SMILES string of the molecule is C[S@+]([O-])c1ccc(-n2ncc3c(=O)n(CC4(O)CCN(C(=O)c5ccc(F)cc5)CC4)cnc32)cc1. The first-order valence-corrected chi connectivity index (χ1v) is 12.9. The Morgan fingerprint density at radius 3 is 2.44 bits per heavy atom. The Labute approximate surface area is 209 Å². The molecule has 1 aliphatic heterocycles. The molecule has 1 saturated heterocycles. The number of carbonyl (C=O) groups is 1. The number of piperidine rings is 1. The van der Waals surface area contributed by atoms with Gasteiger partial charge in [-0.25, -0.2) is 14.1 Å². The minimum atomic E-state index is -1.18. The van der Waals surface area contributed by atoms with Crippen molar-refractivity contribution in [2.45, 2.75) is 29.9 Å². The zero-order valence-corrected chi connectivity index (χ0v) is 20.3. The van der Waals surface area contributed by atoms with Crippen molar-refractivity contribution < 1.29 is 18.8 Å². The first-order valence-electron chi connectivity index (χ1n) is 11.4. The van der Waals surface area contributed by atoms with Crippen molar-refractivity contribution in [2.24, 2.45) is 0 Å². The van der Waals surface area contributed by atoms with Gasteiger partial charge in [-0.3, -0.25) is 14.2 Å². The Balaban J connectivity index is 1.31. The number of likely N-dealkylation sites (tertiary alicyclic amines) is 1. The molecule has 1 aliphatic rings. The summed E-state index contributed by atoms with van der Waals surface area (Å²) >= 11 is -1.10. The summed E-state index contributed by atoms with van der Waals surface area (Å²) in [6.45, 7) is 0.663. The summed E-state index contributed by atoms with van der Waals surface area (Å²) in [5, 5.41) is 15.8. The van der Waals surface area contributed by atoms with Crippen LogP contribution in [0.2, 0.25) is 0 Å². The molecule has 0 unspecified atom stereocenters. The molecule has 4 aromatic rings. The van der Waals surface area contributed by atoms with E-state index < -0.39 is 22.6 Å². The molecule has 0 saturated carbocycles. The van der Waals surface area contributed by atoms with E-state index in [9.17, 15) is 23.6 Å². The van der Waals surface area contributed by atoms with Gasteiger partial charge in [0.05, 0.1) is 24.0 Å². The van der Waals surface area contributed by atoms with Crippen molar-refractivity contribution in [2.75, 3.05) is 19.3 Å². The van der Waals surface area contributed by atoms with Crippen LogP contribution in [0.5, 0.6) is 0 Å². The highest BCUT2D eigenvalue weighted by Gasteiger charge is 2.35. The second-order valence-corrected chi connectivity index (χ2v) is 10.3. The minimum absolute atomic E-state index is 0.0372. The molecule has 0 aliphatic carbocycles. The molecular weight excluding hydrogens is 485 g/mol. The van der Waals surface area contributed by atoms with Crippen LogP contribution in [0.4, 0.5) is 4.39 Å². The first-order chi connectivity index (χ1) is 17.2. The highest BCUT2D eigenvalue weighted by molar-refractivity contribution is 7.90. The van der Waals surface area contributed by atoms with Gasteiger partial charge in [0.1, 0.15) is 23.8 Å². The van der Waals surface area contributed by atoms with Gasteiger partial charge in [0, 0.05) is 18.7 Å². The Hall–Kier alpha value is -3.54. The van der Waals surface area contributed by atoms with Gasteiger partial charge in [-0.2, -0.15) is 5.10 Å². The fraction of sp³-hybridized carbons (Fsp3) is 0.280. The molecule has 9 nitrogen and oxygen atoms in total. The second kappa shape index (κ2) is 9.49. The molecule has 1 N–H and O–H groups in total. The Morgan fingerprint density at radius 2 is 1.81 bits per heavy atom. The lowest BCUT2D eigenvalue weighted by atomic mass is 9.91. The van der Waals surface area contributed by atoms with Crippen LogP contribution < -0.4 is 5.56 Å². The predicted octanol–water partition coefficient (Wildman–Crippen LogP) is 2.13. The number of amides is 1. The van der Waals surface area contributed by atoms with Gasteiger partial charge in [0.25, 0.3) is 11.5 Å². The topological polar surface area (TPSA) is 116 Å². The highest BCUT2D eigenvalue weighted by Crippen LogP contribution is 2.25. The number of halogens is 1. The zero-order chi connectivity index (χ0) is 25.4. The summed E-state index contributed by atoms with van der Waals surface area (Å²) in [5.74, 6) is -0.629. The smallest absolute Gasteiger partial charge is 0.264 e. The maximum Gasteiger partial charge on any atom is 0.264 e. The molecule has 2 aromatic carbocycles. The van der Waals surface area contributed by atoms with Crippen molar-refractivity contribution in [1.82, 2.24) is 24.2 Å². The lowest BCUT2D eigenvalue weighted by molar-refractivity contribution is -0.0299. The lowest BCUT2D eigenvalue weighted by Crippen LogP contribution is -2.49. The van der Waals surface area contributed by atoms with Crippen molar-refractivity contribution in [3.8, 4) is 5.69 Å². The molecule has 2 aromatic heterocycles. The average molecular weight is 510 g/mol. The van der Waals surface area contributed by atoms with Crippen molar-refractivity contribution in [3.05, 3.63) is 82.8 Å². The van der Waals surface area contributed by atoms with Gasteiger partial charge < -0.3 is 14.6 Å². The summed E-state index contributed by atoms with van der Waals surface area (Å²) in [4.78, 5) is 32.5. The van der Waals surface area contributed by atoms with E-state index in [1.165, 1.54) is 46.0 Å². The van der Waals surface area contributed by atoms with Gasteiger partial charge in [0.2, 0.25) is 0 Å². The molecule has 5 rings (SSSR count). The van der Waals surface area contributed by atoms with E-state index in [4.69, 9.17) is 0 Å². The molecule has 1 amide bonds. The quantitative estimate of drug-likeness (QED) is 0.412. The van der Waals surface area contributed by atoms with Gasteiger partial charge in [-0.15, -0.1) is 0 Å². The highest BCUT2D eigenvalue weighted by atomic mass is 32.2. The number of hydrogen-bond donors (Lipinski definition) is 1. The zero-order valence-electron chi connectivity index (χ0n) is 19.5. The van der Waals surface area contributed by atoms with Crippen molar-refractivity contribution in [3.63, 3.8) is 0 Å². The second-order valence-electron chi connectivity index (χ2n) is 8.94. The van der Waals surface area contributed by atoms with Crippen molar-refractivity contribution in [1.29, 1.82) is 0 Å². The summed E-state index contributed by atoms with van der Waals surface area (Å²) in [7, 11) is 0. The largest absolute Gasteiger partial charge is 0.612 e. The number of rotatable bonds is 5. The van der Waals surface area contributed by atoms with E-state index in [0.717, 1.165) is 0 Å². The van der Waals surface area contributed by atoms with E-state index in [-0.39, 0.29) is 30.9 Å². The standard InChI is InChI=1S/C25H24FN5O4S/c1-36(35)20-8-6-19(7-9-20)31-22-21(14-28-31)24(33)30(16-27-22)15-25(34)10-12-29(13-11-25)23(32)17-2-4-18(26)5-3-17/h2-9,14,16,34H,10-13,15H2,1H3/t36-/m0/s1. The molecule has 0 spiro atoms. The molecule has 186 valence electrons. The lowest BCUT2D eigenvalue weighted by Gasteiger charge is -2.38. The number of aromatic nitrogens is 4. The number of nitrogens with zero attached hydrogens (tertiary/aromatic N) is 5. The van der Waals surface area contributed by atoms with E-state index >= 15 is 0 Å². The normalized spacial score (nSPS) is 16.3. The molecule has 1 atom stereocenters. The number of carbonyl (C=O) groups excluding carboxylic acids is 1. The monoisotopic (exact) mass is 509 g/mol. The van der Waals surface area contributed by atoms with Crippen LogP contribution in [-0.2, 0) is 17.7 Å². The first kappa shape index (κ1) is 24.2. The minimum Gasteiger partial charge on any atom is -0.612 e. The average Bonchev–Trinajstić information content (AvgIpc) is 3.31. The molecule has 11 heteroatoms. The van der Waals surface area contributed by atoms with E-state index in [1.54, 1.807) is 35.4 Å². The number of benzene rings is 2. The summed E-state index contributed by atoms with van der Waals surface area (Å²) in [6, 6.07) is 12.4. The predicted molar refractivity (Wildman–Crippen MR) is 132 cm³/mol.